The first kappa shape index (κ1) is 17.6. The first-order chi connectivity index (χ1) is 12.6. The minimum Gasteiger partial charge on any atom is -0.497 e. The first-order valence-electron chi connectivity index (χ1n) is 7.53. The van der Waals surface area contributed by atoms with Gasteiger partial charge in [-0.1, -0.05) is 12.1 Å². The summed E-state index contributed by atoms with van der Waals surface area (Å²) in [7, 11) is 1.59. The normalized spacial score (nSPS) is 11.1. The molecule has 0 radical (unpaired) electrons. The van der Waals surface area contributed by atoms with Crippen molar-refractivity contribution in [2.75, 3.05) is 12.4 Å². The molecule has 0 aliphatic heterocycles. The Labute approximate surface area is 153 Å². The second-order valence-corrected chi connectivity index (χ2v) is 6.07. The number of rotatable bonds is 5. The summed E-state index contributed by atoms with van der Waals surface area (Å²) in [6.45, 7) is 0. The number of thiazole rings is 1. The second-order valence-electron chi connectivity index (χ2n) is 5.21. The molecule has 2 aromatic carbocycles. The highest BCUT2D eigenvalue weighted by Gasteiger charge is 2.10. The number of nitrogens with one attached hydrogen (secondary N) is 1. The molecule has 4 nitrogen and oxygen atoms in total. The average Bonchev–Trinajstić information content (AvgIpc) is 3.14. The molecular weight excluding hydrogens is 356 g/mol. The summed E-state index contributed by atoms with van der Waals surface area (Å²) in [4.78, 5) is 4.45. The number of nitriles is 1. The molecule has 3 rings (SSSR count). The SMILES string of the molecule is COc1cccc(-c2csc(/C(C#N)=C/Nc3ccc(F)cc3F)n2)c1. The molecule has 0 aliphatic rings. The van der Waals surface area contributed by atoms with E-state index in [4.69, 9.17) is 4.74 Å². The Morgan fingerprint density at radius 3 is 2.85 bits per heavy atom. The second kappa shape index (κ2) is 7.76. The van der Waals surface area contributed by atoms with Crippen molar-refractivity contribution in [2.24, 2.45) is 0 Å². The van der Waals surface area contributed by atoms with Crippen LogP contribution < -0.4 is 10.1 Å². The minimum atomic E-state index is -0.741. The highest BCUT2D eigenvalue weighted by atomic mass is 32.1. The standard InChI is InChI=1S/C19H13F2N3OS/c1-25-15-4-2-3-12(7-15)18-11-26-19(24-18)13(9-22)10-23-17-6-5-14(20)8-16(17)21/h2-8,10-11,23H,1H3/b13-10+. The predicted molar refractivity (Wildman–Crippen MR) is 97.7 cm³/mol. The summed E-state index contributed by atoms with van der Waals surface area (Å²) >= 11 is 1.30. The maximum atomic E-state index is 13.7. The Morgan fingerprint density at radius 1 is 1.27 bits per heavy atom. The van der Waals surface area contributed by atoms with Crippen LogP contribution in [0.2, 0.25) is 0 Å². The van der Waals surface area contributed by atoms with Gasteiger partial charge >= 0.3 is 0 Å². The van der Waals surface area contributed by atoms with Crippen LogP contribution in [0.25, 0.3) is 16.8 Å². The van der Waals surface area contributed by atoms with Crippen LogP contribution in [0.5, 0.6) is 5.75 Å². The number of hydrogen-bond acceptors (Lipinski definition) is 5. The smallest absolute Gasteiger partial charge is 0.149 e. The maximum absolute atomic E-state index is 13.7. The van der Waals surface area contributed by atoms with Crippen LogP contribution >= 0.6 is 11.3 Å². The van der Waals surface area contributed by atoms with Gasteiger partial charge in [0.1, 0.15) is 34.0 Å². The number of benzene rings is 2. The van der Waals surface area contributed by atoms with Crippen molar-refractivity contribution < 1.29 is 13.5 Å². The van der Waals surface area contributed by atoms with Crippen LogP contribution in [0.4, 0.5) is 14.5 Å². The van der Waals surface area contributed by atoms with E-state index in [1.807, 2.05) is 35.7 Å². The van der Waals surface area contributed by atoms with Gasteiger partial charge in [0, 0.05) is 23.2 Å². The zero-order chi connectivity index (χ0) is 18.5. The minimum absolute atomic E-state index is 0.0729. The molecule has 0 unspecified atom stereocenters. The van der Waals surface area contributed by atoms with E-state index in [2.05, 4.69) is 10.3 Å². The molecular formula is C19H13F2N3OS. The number of allylic oxidation sites excluding steroid dienone is 1. The van der Waals surface area contributed by atoms with Gasteiger partial charge in [-0.25, -0.2) is 13.8 Å². The topological polar surface area (TPSA) is 57.9 Å². The van der Waals surface area contributed by atoms with Gasteiger partial charge in [-0.15, -0.1) is 11.3 Å². The van der Waals surface area contributed by atoms with Gasteiger partial charge in [-0.2, -0.15) is 5.26 Å². The van der Waals surface area contributed by atoms with Crippen LogP contribution in [0.15, 0.2) is 54.0 Å². The zero-order valence-electron chi connectivity index (χ0n) is 13.7. The summed E-state index contributed by atoms with van der Waals surface area (Å²) in [6, 6.07) is 12.6. The number of hydrogen-bond donors (Lipinski definition) is 1. The van der Waals surface area contributed by atoms with E-state index in [-0.39, 0.29) is 11.3 Å². The monoisotopic (exact) mass is 369 g/mol. The van der Waals surface area contributed by atoms with Gasteiger partial charge in [0.15, 0.2) is 0 Å². The van der Waals surface area contributed by atoms with Gasteiger partial charge in [0.05, 0.1) is 18.5 Å². The Morgan fingerprint density at radius 2 is 2.12 bits per heavy atom. The molecule has 0 saturated carbocycles. The molecule has 0 fully saturated rings. The molecule has 0 bridgehead atoms. The van der Waals surface area contributed by atoms with Gasteiger partial charge < -0.3 is 10.1 Å². The zero-order valence-corrected chi connectivity index (χ0v) is 14.5. The molecule has 7 heteroatoms. The van der Waals surface area contributed by atoms with Crippen molar-refractivity contribution in [2.45, 2.75) is 0 Å². The Hall–Kier alpha value is -3.24. The molecule has 0 saturated heterocycles. The highest BCUT2D eigenvalue weighted by molar-refractivity contribution is 7.11. The third kappa shape index (κ3) is 3.87. The van der Waals surface area contributed by atoms with Gasteiger partial charge in [0.2, 0.25) is 0 Å². The van der Waals surface area contributed by atoms with E-state index in [9.17, 15) is 14.0 Å². The molecule has 1 N–H and O–H groups in total. The number of nitrogens with zero attached hydrogens (tertiary/aromatic N) is 2. The lowest BCUT2D eigenvalue weighted by molar-refractivity contribution is 0.415. The van der Waals surface area contributed by atoms with Crippen molar-refractivity contribution in [1.29, 1.82) is 5.26 Å². The average molecular weight is 369 g/mol. The van der Waals surface area contributed by atoms with Crippen molar-refractivity contribution >= 4 is 22.6 Å². The number of halogens is 2. The molecule has 0 atom stereocenters. The van der Waals surface area contributed by atoms with E-state index in [1.54, 1.807) is 7.11 Å². The van der Waals surface area contributed by atoms with Crippen LogP contribution in [0.1, 0.15) is 5.01 Å². The van der Waals surface area contributed by atoms with E-state index in [0.717, 1.165) is 17.7 Å². The van der Waals surface area contributed by atoms with E-state index in [1.165, 1.54) is 23.6 Å². The van der Waals surface area contributed by atoms with E-state index < -0.39 is 11.6 Å². The maximum Gasteiger partial charge on any atom is 0.149 e. The van der Waals surface area contributed by atoms with Crippen LogP contribution in [0, 0.1) is 23.0 Å². The van der Waals surface area contributed by atoms with Crippen LogP contribution in [0.3, 0.4) is 0 Å². The summed E-state index contributed by atoms with van der Waals surface area (Å²) in [5.41, 5.74) is 1.89. The summed E-state index contributed by atoms with van der Waals surface area (Å²) in [5, 5.41) is 14.4. The fourth-order valence-corrected chi connectivity index (χ4v) is 3.01. The molecule has 26 heavy (non-hydrogen) atoms. The summed E-state index contributed by atoms with van der Waals surface area (Å²) in [5.74, 6) is -0.698. The third-order valence-corrected chi connectivity index (χ3v) is 4.40. The lowest BCUT2D eigenvalue weighted by Gasteiger charge is -2.03. The van der Waals surface area contributed by atoms with E-state index >= 15 is 0 Å². The number of anilines is 1. The molecule has 0 amide bonds. The van der Waals surface area contributed by atoms with Gasteiger partial charge in [0.25, 0.3) is 0 Å². The Bertz CT molecular complexity index is 1010. The molecule has 0 aliphatic carbocycles. The van der Waals surface area contributed by atoms with Gasteiger partial charge in [-0.3, -0.25) is 0 Å². The Balaban J connectivity index is 1.85. The third-order valence-electron chi connectivity index (χ3n) is 3.52. The number of methoxy groups -OCH3 is 1. The molecule has 1 heterocycles. The molecule has 3 aromatic rings. The van der Waals surface area contributed by atoms with Crippen molar-refractivity contribution in [3.63, 3.8) is 0 Å². The van der Waals surface area contributed by atoms with Crippen LogP contribution in [-0.4, -0.2) is 12.1 Å². The lowest BCUT2D eigenvalue weighted by atomic mass is 10.1. The fourth-order valence-electron chi connectivity index (χ4n) is 2.21. The molecule has 0 spiro atoms. The quantitative estimate of drug-likeness (QED) is 0.638. The summed E-state index contributed by atoms with van der Waals surface area (Å²) < 4.78 is 31.8. The predicted octanol–water partition coefficient (Wildman–Crippen LogP) is 5.07. The van der Waals surface area contributed by atoms with Crippen molar-refractivity contribution in [3.8, 4) is 23.1 Å². The first-order valence-corrected chi connectivity index (χ1v) is 8.41. The highest BCUT2D eigenvalue weighted by Crippen LogP contribution is 2.28. The number of ether oxygens (including phenoxy) is 1. The van der Waals surface area contributed by atoms with Gasteiger partial charge in [-0.05, 0) is 24.3 Å². The van der Waals surface area contributed by atoms with Crippen LogP contribution in [-0.2, 0) is 0 Å². The van der Waals surface area contributed by atoms with Crippen molar-refractivity contribution in [1.82, 2.24) is 4.98 Å². The van der Waals surface area contributed by atoms with E-state index in [0.29, 0.717) is 16.5 Å². The molecule has 130 valence electrons. The van der Waals surface area contributed by atoms with Crippen molar-refractivity contribution in [3.05, 3.63) is 70.7 Å². The molecule has 1 aromatic heterocycles. The Kier molecular flexibility index (Phi) is 5.25. The lowest BCUT2D eigenvalue weighted by Crippen LogP contribution is -1.94. The summed E-state index contributed by atoms with van der Waals surface area (Å²) in [6.07, 6.45) is 1.35. The number of aromatic nitrogens is 1. The fraction of sp³-hybridized carbons (Fsp3) is 0.0526. The largest absolute Gasteiger partial charge is 0.497 e.